The van der Waals surface area contributed by atoms with Crippen LogP contribution in [-0.4, -0.2) is 19.2 Å². The monoisotopic (exact) mass is 185 g/mol. The lowest BCUT2D eigenvalue weighted by Crippen LogP contribution is -2.30. The maximum Gasteiger partial charge on any atom is 0.331 e. The molecule has 13 heavy (non-hydrogen) atoms. The van der Waals surface area contributed by atoms with Gasteiger partial charge in [0.05, 0.1) is 0 Å². The van der Waals surface area contributed by atoms with Crippen LogP contribution in [0.3, 0.4) is 0 Å². The highest BCUT2D eigenvalue weighted by molar-refractivity contribution is 5.81. The first-order chi connectivity index (χ1) is 6.24. The minimum atomic E-state index is -0.365. The smallest absolute Gasteiger partial charge is 0.331 e. The lowest BCUT2D eigenvalue weighted by atomic mass is 10.2. The second-order valence-corrected chi connectivity index (χ2v) is 2.91. The van der Waals surface area contributed by atoms with Gasteiger partial charge in [-0.05, 0) is 19.9 Å². The van der Waals surface area contributed by atoms with Crippen LogP contribution in [0, 0.1) is 0 Å². The van der Waals surface area contributed by atoms with Crippen LogP contribution in [0.5, 0.6) is 0 Å². The molecular formula is C10H19NO2. The van der Waals surface area contributed by atoms with Crippen molar-refractivity contribution in [2.75, 3.05) is 7.05 Å². The Morgan fingerprint density at radius 1 is 1.62 bits per heavy atom. The molecule has 0 aliphatic carbocycles. The highest BCUT2D eigenvalue weighted by Gasteiger charge is 2.08. The molecule has 1 N–H and O–H groups in total. The summed E-state index contributed by atoms with van der Waals surface area (Å²) in [6.07, 6.45) is 5.30. The second-order valence-electron chi connectivity index (χ2n) is 2.91. The number of ether oxygens (including phenoxy) is 1. The average Bonchev–Trinajstić information content (AvgIpc) is 2.16. The number of unbranched alkanes of at least 4 members (excludes halogenated alkanes) is 2. The van der Waals surface area contributed by atoms with Crippen molar-refractivity contribution in [2.45, 2.75) is 38.8 Å². The van der Waals surface area contributed by atoms with Gasteiger partial charge in [-0.3, -0.25) is 5.32 Å². The maximum absolute atomic E-state index is 10.8. The van der Waals surface area contributed by atoms with Crippen molar-refractivity contribution in [1.29, 1.82) is 0 Å². The molecule has 0 aromatic rings. The molecule has 0 saturated carbocycles. The number of hydrogen-bond acceptors (Lipinski definition) is 3. The first-order valence-corrected chi connectivity index (χ1v) is 4.74. The van der Waals surface area contributed by atoms with Crippen LogP contribution in [0.25, 0.3) is 0 Å². The first kappa shape index (κ1) is 12.2. The van der Waals surface area contributed by atoms with Gasteiger partial charge in [-0.25, -0.2) is 4.79 Å². The molecule has 0 aromatic heterocycles. The number of nitrogens with one attached hydrogen (secondary N) is 1. The van der Waals surface area contributed by atoms with Crippen LogP contribution in [0.1, 0.15) is 32.6 Å². The fourth-order valence-electron chi connectivity index (χ4n) is 1.03. The molecule has 0 bridgehead atoms. The summed E-state index contributed by atoms with van der Waals surface area (Å²) in [6, 6.07) is 0. The summed E-state index contributed by atoms with van der Waals surface area (Å²) in [5, 5.41) is 2.94. The maximum atomic E-state index is 10.8. The van der Waals surface area contributed by atoms with E-state index in [1.807, 2.05) is 0 Å². The molecule has 1 unspecified atom stereocenters. The van der Waals surface area contributed by atoms with Gasteiger partial charge in [0.2, 0.25) is 0 Å². The van der Waals surface area contributed by atoms with E-state index in [2.05, 4.69) is 18.8 Å². The van der Waals surface area contributed by atoms with E-state index in [9.17, 15) is 4.79 Å². The standard InChI is InChI=1S/C10H19NO2/c1-4-6-7-8-9(11-3)13-10(12)5-2/h5,9,11H,2,4,6-8H2,1,3H3. The number of carbonyl (C=O) groups is 1. The molecule has 0 spiro atoms. The fraction of sp³-hybridized carbons (Fsp3) is 0.700. The van der Waals surface area contributed by atoms with Gasteiger partial charge in [0.1, 0.15) is 0 Å². The number of hydrogen-bond donors (Lipinski definition) is 1. The van der Waals surface area contributed by atoms with E-state index < -0.39 is 0 Å². The Labute approximate surface area is 80.2 Å². The topological polar surface area (TPSA) is 38.3 Å². The molecule has 3 nitrogen and oxygen atoms in total. The molecule has 0 aliphatic heterocycles. The fourth-order valence-corrected chi connectivity index (χ4v) is 1.03. The molecule has 0 aromatic carbocycles. The third kappa shape index (κ3) is 6.34. The molecule has 0 radical (unpaired) electrons. The lowest BCUT2D eigenvalue weighted by molar-refractivity contribution is -0.144. The van der Waals surface area contributed by atoms with Gasteiger partial charge in [-0.1, -0.05) is 26.3 Å². The molecule has 3 heteroatoms. The van der Waals surface area contributed by atoms with Crippen LogP contribution in [0.15, 0.2) is 12.7 Å². The van der Waals surface area contributed by atoms with Crippen LogP contribution >= 0.6 is 0 Å². The Morgan fingerprint density at radius 3 is 2.77 bits per heavy atom. The van der Waals surface area contributed by atoms with Crippen LogP contribution in [0.2, 0.25) is 0 Å². The van der Waals surface area contributed by atoms with Crippen molar-refractivity contribution in [3.63, 3.8) is 0 Å². The van der Waals surface area contributed by atoms with Crippen molar-refractivity contribution in [1.82, 2.24) is 5.32 Å². The Morgan fingerprint density at radius 2 is 2.31 bits per heavy atom. The summed E-state index contributed by atoms with van der Waals surface area (Å²) in [6.45, 7) is 5.49. The van der Waals surface area contributed by atoms with Gasteiger partial charge in [-0.2, -0.15) is 0 Å². The van der Waals surface area contributed by atoms with Gasteiger partial charge >= 0.3 is 5.97 Å². The Bertz CT molecular complexity index is 157. The summed E-state index contributed by atoms with van der Waals surface area (Å²) < 4.78 is 5.03. The number of rotatable bonds is 7. The molecule has 76 valence electrons. The quantitative estimate of drug-likeness (QED) is 0.285. The third-order valence-corrected chi connectivity index (χ3v) is 1.82. The van der Waals surface area contributed by atoms with Crippen molar-refractivity contribution in [3.05, 3.63) is 12.7 Å². The van der Waals surface area contributed by atoms with Gasteiger partial charge in [0.25, 0.3) is 0 Å². The highest BCUT2D eigenvalue weighted by Crippen LogP contribution is 2.04. The third-order valence-electron chi connectivity index (χ3n) is 1.82. The zero-order chi connectivity index (χ0) is 10.1. The molecule has 0 rings (SSSR count). The normalized spacial score (nSPS) is 12.2. The second kappa shape index (κ2) is 7.80. The van der Waals surface area contributed by atoms with Crippen molar-refractivity contribution < 1.29 is 9.53 Å². The summed E-state index contributed by atoms with van der Waals surface area (Å²) in [5.74, 6) is -0.365. The van der Waals surface area contributed by atoms with Gasteiger partial charge in [0.15, 0.2) is 6.23 Å². The van der Waals surface area contributed by atoms with Gasteiger partial charge < -0.3 is 4.74 Å². The summed E-state index contributed by atoms with van der Waals surface area (Å²) in [7, 11) is 1.78. The zero-order valence-corrected chi connectivity index (χ0v) is 8.51. The molecule has 0 aliphatic rings. The number of esters is 1. The number of carbonyl (C=O) groups excluding carboxylic acids is 1. The SMILES string of the molecule is C=CC(=O)OC(CCCCC)NC. The largest absolute Gasteiger partial charge is 0.443 e. The van der Waals surface area contributed by atoms with E-state index in [1.54, 1.807) is 7.05 Å². The molecule has 0 amide bonds. The van der Waals surface area contributed by atoms with Crippen molar-refractivity contribution >= 4 is 5.97 Å². The van der Waals surface area contributed by atoms with E-state index in [0.717, 1.165) is 12.8 Å². The van der Waals surface area contributed by atoms with Crippen molar-refractivity contribution in [2.24, 2.45) is 0 Å². The highest BCUT2D eigenvalue weighted by atomic mass is 16.6. The zero-order valence-electron chi connectivity index (χ0n) is 8.51. The van der Waals surface area contributed by atoms with E-state index in [0.29, 0.717) is 0 Å². The van der Waals surface area contributed by atoms with E-state index in [1.165, 1.54) is 18.9 Å². The minimum Gasteiger partial charge on any atom is -0.443 e. The summed E-state index contributed by atoms with van der Waals surface area (Å²) in [5.41, 5.74) is 0. The summed E-state index contributed by atoms with van der Waals surface area (Å²) in [4.78, 5) is 10.8. The van der Waals surface area contributed by atoms with Crippen LogP contribution in [-0.2, 0) is 9.53 Å². The van der Waals surface area contributed by atoms with Gasteiger partial charge in [-0.15, -0.1) is 0 Å². The van der Waals surface area contributed by atoms with Crippen molar-refractivity contribution in [3.8, 4) is 0 Å². The first-order valence-electron chi connectivity index (χ1n) is 4.74. The Kier molecular flexibility index (Phi) is 7.30. The predicted molar refractivity (Wildman–Crippen MR) is 53.3 cm³/mol. The molecular weight excluding hydrogens is 166 g/mol. The van der Waals surface area contributed by atoms with E-state index in [-0.39, 0.29) is 12.2 Å². The molecule has 0 saturated heterocycles. The molecule has 0 fully saturated rings. The molecule has 1 atom stereocenters. The van der Waals surface area contributed by atoms with Gasteiger partial charge in [0, 0.05) is 6.08 Å². The predicted octanol–water partition coefficient (Wildman–Crippen LogP) is 1.84. The van der Waals surface area contributed by atoms with Crippen LogP contribution < -0.4 is 5.32 Å². The lowest BCUT2D eigenvalue weighted by Gasteiger charge is -2.15. The Hall–Kier alpha value is -0.830. The van der Waals surface area contributed by atoms with E-state index >= 15 is 0 Å². The molecule has 0 heterocycles. The van der Waals surface area contributed by atoms with Crippen LogP contribution in [0.4, 0.5) is 0 Å². The Balaban J connectivity index is 3.62. The average molecular weight is 185 g/mol. The summed E-state index contributed by atoms with van der Waals surface area (Å²) >= 11 is 0. The van der Waals surface area contributed by atoms with E-state index in [4.69, 9.17) is 4.74 Å². The minimum absolute atomic E-state index is 0.169.